The highest BCUT2D eigenvalue weighted by molar-refractivity contribution is 8.07. The van der Waals surface area contributed by atoms with Crippen LogP contribution in [0.3, 0.4) is 0 Å². The maximum atomic E-state index is 8.86. The smallest absolute Gasteiger partial charge is 0.0923 e. The zero-order valence-electron chi connectivity index (χ0n) is 9.91. The Balaban J connectivity index is 2.10. The van der Waals surface area contributed by atoms with Gasteiger partial charge in [0.2, 0.25) is 0 Å². The lowest BCUT2D eigenvalue weighted by Gasteiger charge is -2.06. The molecule has 2 aromatic carbocycles. The van der Waals surface area contributed by atoms with Crippen LogP contribution in [-0.2, 0) is 5.75 Å². The van der Waals surface area contributed by atoms with Gasteiger partial charge < -0.3 is 0 Å². The van der Waals surface area contributed by atoms with Gasteiger partial charge in [0.15, 0.2) is 0 Å². The molecule has 0 saturated heterocycles. The summed E-state index contributed by atoms with van der Waals surface area (Å²) in [6.45, 7) is 0. The first kappa shape index (κ1) is 12.5. The summed E-state index contributed by atoms with van der Waals surface area (Å²) < 4.78 is 0. The number of hydrogen-bond acceptors (Lipinski definition) is 2. The van der Waals surface area contributed by atoms with Crippen LogP contribution >= 0.6 is 11.8 Å². The molecular weight excluding hydrogens is 238 g/mol. The zero-order valence-corrected chi connectivity index (χ0v) is 10.7. The summed E-state index contributed by atoms with van der Waals surface area (Å²) in [7, 11) is 0. The molecule has 0 spiro atoms. The summed E-state index contributed by atoms with van der Waals surface area (Å²) in [6.07, 6.45) is 1.61. The Kier molecular flexibility index (Phi) is 4.63. The van der Waals surface area contributed by atoms with E-state index in [1.165, 1.54) is 5.56 Å². The Morgan fingerprint density at radius 1 is 1.00 bits per heavy atom. The van der Waals surface area contributed by atoms with Crippen LogP contribution in [0.2, 0.25) is 0 Å². The molecule has 88 valence electrons. The first-order valence-corrected chi connectivity index (χ1v) is 6.70. The van der Waals surface area contributed by atoms with Crippen LogP contribution in [0, 0.1) is 11.3 Å². The van der Waals surface area contributed by atoms with Crippen molar-refractivity contribution in [3.8, 4) is 6.07 Å². The van der Waals surface area contributed by atoms with Crippen molar-refractivity contribution in [3.63, 3.8) is 0 Å². The quantitative estimate of drug-likeness (QED) is 0.748. The highest BCUT2D eigenvalue weighted by Gasteiger charge is 2.02. The van der Waals surface area contributed by atoms with Gasteiger partial charge in [0.1, 0.15) is 0 Å². The van der Waals surface area contributed by atoms with E-state index in [4.69, 9.17) is 5.26 Å². The lowest BCUT2D eigenvalue weighted by molar-refractivity contribution is 1.42. The maximum Gasteiger partial charge on any atom is 0.0923 e. The van der Waals surface area contributed by atoms with Crippen molar-refractivity contribution >= 4 is 16.7 Å². The molecular formula is C16H13NS. The number of hydrogen-bond donors (Lipinski definition) is 0. The van der Waals surface area contributed by atoms with E-state index in [0.29, 0.717) is 0 Å². The van der Waals surface area contributed by atoms with Gasteiger partial charge in [-0.2, -0.15) is 5.26 Å². The van der Waals surface area contributed by atoms with Crippen molar-refractivity contribution in [1.29, 1.82) is 5.26 Å². The van der Waals surface area contributed by atoms with Crippen molar-refractivity contribution < 1.29 is 0 Å². The second-order valence-electron chi connectivity index (χ2n) is 3.78. The van der Waals surface area contributed by atoms with Crippen LogP contribution in [0.15, 0.2) is 66.7 Å². The molecule has 0 radical (unpaired) electrons. The largest absolute Gasteiger partial charge is 0.193 e. The highest BCUT2D eigenvalue weighted by atomic mass is 32.2. The molecule has 1 nitrogen and oxygen atoms in total. The second kappa shape index (κ2) is 6.68. The number of benzene rings is 2. The predicted molar refractivity (Wildman–Crippen MR) is 77.8 cm³/mol. The van der Waals surface area contributed by atoms with E-state index >= 15 is 0 Å². The SMILES string of the molecule is N#C/C=C(\SCc1ccccc1)c1ccccc1. The van der Waals surface area contributed by atoms with Gasteiger partial charge in [-0.1, -0.05) is 60.7 Å². The van der Waals surface area contributed by atoms with Gasteiger partial charge in [-0.25, -0.2) is 0 Å². The number of nitriles is 1. The lowest BCUT2D eigenvalue weighted by Crippen LogP contribution is -1.83. The van der Waals surface area contributed by atoms with Crippen LogP contribution in [0.5, 0.6) is 0 Å². The standard InChI is InChI=1S/C16H13NS/c17-12-11-16(15-9-5-2-6-10-15)18-13-14-7-3-1-4-8-14/h1-11H,13H2/b16-11-. The van der Waals surface area contributed by atoms with E-state index in [0.717, 1.165) is 16.2 Å². The Bertz CT molecular complexity index is 553. The Morgan fingerprint density at radius 3 is 2.22 bits per heavy atom. The molecule has 0 unspecified atom stereocenters. The fourth-order valence-electron chi connectivity index (χ4n) is 1.60. The maximum absolute atomic E-state index is 8.86. The third kappa shape index (κ3) is 3.51. The predicted octanol–water partition coefficient (Wildman–Crippen LogP) is 4.48. The van der Waals surface area contributed by atoms with E-state index in [-0.39, 0.29) is 0 Å². The van der Waals surface area contributed by atoms with Crippen molar-refractivity contribution in [2.75, 3.05) is 0 Å². The first-order chi connectivity index (χ1) is 8.90. The lowest BCUT2D eigenvalue weighted by atomic mass is 10.2. The molecule has 2 heteroatoms. The molecule has 2 aromatic rings. The molecule has 0 bridgehead atoms. The van der Waals surface area contributed by atoms with Crippen molar-refractivity contribution in [3.05, 3.63) is 77.9 Å². The van der Waals surface area contributed by atoms with Crippen LogP contribution < -0.4 is 0 Å². The minimum Gasteiger partial charge on any atom is -0.193 e. The van der Waals surface area contributed by atoms with Gasteiger partial charge in [0, 0.05) is 16.7 Å². The van der Waals surface area contributed by atoms with Gasteiger partial charge >= 0.3 is 0 Å². The molecule has 0 saturated carbocycles. The molecule has 0 amide bonds. The third-order valence-electron chi connectivity index (χ3n) is 2.49. The van der Waals surface area contributed by atoms with Gasteiger partial charge in [-0.15, -0.1) is 11.8 Å². The van der Waals surface area contributed by atoms with Crippen LogP contribution in [0.4, 0.5) is 0 Å². The minimum atomic E-state index is 0.878. The first-order valence-electron chi connectivity index (χ1n) is 5.72. The molecule has 0 aliphatic carbocycles. The summed E-state index contributed by atoms with van der Waals surface area (Å²) in [4.78, 5) is 1.02. The second-order valence-corrected chi connectivity index (χ2v) is 4.80. The van der Waals surface area contributed by atoms with Gasteiger partial charge in [0.05, 0.1) is 6.07 Å². The molecule has 0 heterocycles. The summed E-state index contributed by atoms with van der Waals surface area (Å²) >= 11 is 1.69. The van der Waals surface area contributed by atoms with Crippen LogP contribution in [-0.4, -0.2) is 0 Å². The van der Waals surface area contributed by atoms with Gasteiger partial charge in [-0.05, 0) is 11.1 Å². The number of rotatable bonds is 4. The summed E-state index contributed by atoms with van der Waals surface area (Å²) in [5, 5.41) is 8.86. The average molecular weight is 251 g/mol. The fraction of sp³-hybridized carbons (Fsp3) is 0.0625. The molecule has 0 atom stereocenters. The molecule has 0 aliphatic rings. The third-order valence-corrected chi connectivity index (χ3v) is 3.63. The Morgan fingerprint density at radius 2 is 1.61 bits per heavy atom. The van der Waals surface area contributed by atoms with E-state index in [1.54, 1.807) is 17.8 Å². The Hall–Kier alpha value is -1.98. The van der Waals surface area contributed by atoms with Gasteiger partial charge in [-0.3, -0.25) is 0 Å². The van der Waals surface area contributed by atoms with Crippen molar-refractivity contribution in [2.24, 2.45) is 0 Å². The molecule has 0 aromatic heterocycles. The van der Waals surface area contributed by atoms with Crippen molar-refractivity contribution in [1.82, 2.24) is 0 Å². The monoisotopic (exact) mass is 251 g/mol. The topological polar surface area (TPSA) is 23.8 Å². The molecule has 0 aliphatic heterocycles. The zero-order chi connectivity index (χ0) is 12.6. The molecule has 18 heavy (non-hydrogen) atoms. The number of thioether (sulfide) groups is 1. The molecule has 0 N–H and O–H groups in total. The summed E-state index contributed by atoms with van der Waals surface area (Å²) in [5.41, 5.74) is 2.36. The van der Waals surface area contributed by atoms with E-state index in [1.807, 2.05) is 48.5 Å². The number of allylic oxidation sites excluding steroid dienone is 1. The molecule has 2 rings (SSSR count). The normalized spacial score (nSPS) is 10.9. The average Bonchev–Trinajstić information content (AvgIpc) is 2.45. The van der Waals surface area contributed by atoms with Crippen LogP contribution in [0.1, 0.15) is 11.1 Å². The summed E-state index contributed by atoms with van der Waals surface area (Å²) in [5.74, 6) is 0.878. The highest BCUT2D eigenvalue weighted by Crippen LogP contribution is 2.29. The molecule has 0 fully saturated rings. The van der Waals surface area contributed by atoms with E-state index < -0.39 is 0 Å². The van der Waals surface area contributed by atoms with E-state index in [2.05, 4.69) is 18.2 Å². The fourth-order valence-corrected chi connectivity index (χ4v) is 2.56. The van der Waals surface area contributed by atoms with E-state index in [9.17, 15) is 0 Å². The minimum absolute atomic E-state index is 0.878. The van der Waals surface area contributed by atoms with Crippen LogP contribution in [0.25, 0.3) is 4.91 Å². The van der Waals surface area contributed by atoms with Gasteiger partial charge in [0.25, 0.3) is 0 Å². The van der Waals surface area contributed by atoms with Crippen molar-refractivity contribution in [2.45, 2.75) is 5.75 Å². The number of nitrogens with zero attached hydrogens (tertiary/aromatic N) is 1. The summed E-state index contributed by atoms with van der Waals surface area (Å²) in [6, 6.07) is 22.4. The Labute approximate surface area is 112 Å².